The number of ether oxygens (including phenoxy) is 1. The Bertz CT molecular complexity index is 673. The van der Waals surface area contributed by atoms with Gasteiger partial charge in [0.15, 0.2) is 5.58 Å². The zero-order chi connectivity index (χ0) is 15.4. The number of methoxy groups -OCH3 is 1. The molecule has 0 fully saturated rings. The molecule has 1 heterocycles. The Morgan fingerprint density at radius 2 is 2.29 bits per heavy atom. The van der Waals surface area contributed by atoms with E-state index < -0.39 is 11.2 Å². The molecule has 8 heteroatoms. The molecule has 0 saturated carbocycles. The van der Waals surface area contributed by atoms with Gasteiger partial charge in [-0.3, -0.25) is 9.59 Å². The summed E-state index contributed by atoms with van der Waals surface area (Å²) in [5.41, 5.74) is 1.23. The van der Waals surface area contributed by atoms with Crippen molar-refractivity contribution in [1.29, 1.82) is 0 Å². The van der Waals surface area contributed by atoms with Gasteiger partial charge in [0.1, 0.15) is 12.1 Å². The molecule has 21 heavy (non-hydrogen) atoms. The normalized spacial score (nSPS) is 12.1. The van der Waals surface area contributed by atoms with Gasteiger partial charge in [-0.05, 0) is 25.1 Å². The number of oxazole rings is 1. The molecular formula is C13H13ClN2O4S. The summed E-state index contributed by atoms with van der Waals surface area (Å²) >= 11 is 7.03. The second kappa shape index (κ2) is 6.82. The van der Waals surface area contributed by atoms with Crippen molar-refractivity contribution < 1.29 is 18.7 Å². The fourth-order valence-corrected chi connectivity index (χ4v) is 2.46. The molecule has 1 amide bonds. The lowest BCUT2D eigenvalue weighted by atomic mass is 10.3. The van der Waals surface area contributed by atoms with Gasteiger partial charge < -0.3 is 14.5 Å². The summed E-state index contributed by atoms with van der Waals surface area (Å²) in [7, 11) is 1.26. The maximum absolute atomic E-state index is 11.8. The van der Waals surface area contributed by atoms with Crippen molar-refractivity contribution in [2.24, 2.45) is 0 Å². The average molecular weight is 329 g/mol. The fraction of sp³-hybridized carbons (Fsp3) is 0.308. The molecule has 0 radical (unpaired) electrons. The molecule has 1 N–H and O–H groups in total. The summed E-state index contributed by atoms with van der Waals surface area (Å²) in [6, 6.07) is 5.11. The first kappa shape index (κ1) is 15.7. The van der Waals surface area contributed by atoms with Gasteiger partial charge in [0.25, 0.3) is 5.22 Å². The van der Waals surface area contributed by atoms with Crippen LogP contribution in [0.1, 0.15) is 6.92 Å². The highest BCUT2D eigenvalue weighted by Gasteiger charge is 2.18. The van der Waals surface area contributed by atoms with Crippen LogP contribution in [0.25, 0.3) is 11.1 Å². The van der Waals surface area contributed by atoms with Crippen LogP contribution in [0.4, 0.5) is 0 Å². The number of hydrogen-bond acceptors (Lipinski definition) is 6. The third-order valence-electron chi connectivity index (χ3n) is 2.61. The van der Waals surface area contributed by atoms with Crippen molar-refractivity contribution in [2.45, 2.75) is 17.4 Å². The second-order valence-corrected chi connectivity index (χ2v) is 5.87. The van der Waals surface area contributed by atoms with E-state index >= 15 is 0 Å². The van der Waals surface area contributed by atoms with Crippen LogP contribution < -0.4 is 5.32 Å². The molecule has 6 nitrogen and oxygen atoms in total. The first-order chi connectivity index (χ1) is 9.99. The number of carbonyl (C=O) groups is 2. The summed E-state index contributed by atoms with van der Waals surface area (Å²) in [5, 5.41) is 2.95. The topological polar surface area (TPSA) is 81.4 Å². The number of fused-ring (bicyclic) bond motifs is 1. The lowest BCUT2D eigenvalue weighted by molar-refractivity contribution is -0.141. The Hall–Kier alpha value is -1.73. The van der Waals surface area contributed by atoms with Crippen molar-refractivity contribution >= 4 is 46.3 Å². The number of amides is 1. The van der Waals surface area contributed by atoms with Gasteiger partial charge in [-0.1, -0.05) is 23.4 Å². The maximum Gasteiger partial charge on any atom is 0.325 e. The number of nitrogens with zero attached hydrogens (tertiary/aromatic N) is 1. The van der Waals surface area contributed by atoms with Gasteiger partial charge in [-0.2, -0.15) is 0 Å². The minimum Gasteiger partial charge on any atom is -0.468 e. The number of esters is 1. The maximum atomic E-state index is 11.8. The van der Waals surface area contributed by atoms with Crippen LogP contribution in [0.3, 0.4) is 0 Å². The molecule has 2 rings (SSSR count). The number of aromatic nitrogens is 1. The van der Waals surface area contributed by atoms with Crippen LogP contribution in [0.5, 0.6) is 0 Å². The van der Waals surface area contributed by atoms with Crippen LogP contribution in [0.2, 0.25) is 5.02 Å². The molecule has 0 saturated heterocycles. The standard InChI is InChI=1S/C13H13ClN2O4S/c1-7(12(18)15-6-11(17)19-2)21-13-16-9-5-8(14)3-4-10(9)20-13/h3-5,7H,6H2,1-2H3,(H,15,18). The number of thioether (sulfide) groups is 1. The SMILES string of the molecule is COC(=O)CNC(=O)C(C)Sc1nc2cc(Cl)ccc2o1. The lowest BCUT2D eigenvalue weighted by Gasteiger charge is -2.08. The molecule has 0 aliphatic carbocycles. The molecule has 0 aliphatic rings. The van der Waals surface area contributed by atoms with Crippen LogP contribution >= 0.6 is 23.4 Å². The van der Waals surface area contributed by atoms with Gasteiger partial charge in [-0.15, -0.1) is 0 Å². The predicted molar refractivity (Wildman–Crippen MR) is 79.4 cm³/mol. The molecule has 2 aromatic rings. The molecule has 1 aromatic heterocycles. The van der Waals surface area contributed by atoms with E-state index in [-0.39, 0.29) is 12.5 Å². The smallest absolute Gasteiger partial charge is 0.325 e. The van der Waals surface area contributed by atoms with E-state index in [4.69, 9.17) is 16.0 Å². The van der Waals surface area contributed by atoms with E-state index in [1.54, 1.807) is 25.1 Å². The van der Waals surface area contributed by atoms with Crippen molar-refractivity contribution in [2.75, 3.05) is 13.7 Å². The van der Waals surface area contributed by atoms with Crippen molar-refractivity contribution in [3.63, 3.8) is 0 Å². The van der Waals surface area contributed by atoms with Gasteiger partial charge in [0.05, 0.1) is 12.4 Å². The molecule has 1 aromatic carbocycles. The quantitative estimate of drug-likeness (QED) is 0.669. The van der Waals surface area contributed by atoms with E-state index in [9.17, 15) is 9.59 Å². The number of rotatable bonds is 5. The first-order valence-corrected chi connectivity index (χ1v) is 7.32. The number of hydrogen-bond donors (Lipinski definition) is 1. The van der Waals surface area contributed by atoms with Crippen LogP contribution in [0, 0.1) is 0 Å². The lowest BCUT2D eigenvalue weighted by Crippen LogP contribution is -2.35. The van der Waals surface area contributed by atoms with E-state index in [0.717, 1.165) is 11.8 Å². The van der Waals surface area contributed by atoms with Gasteiger partial charge >= 0.3 is 5.97 Å². The highest BCUT2D eigenvalue weighted by Crippen LogP contribution is 2.28. The van der Waals surface area contributed by atoms with Gasteiger partial charge in [0, 0.05) is 5.02 Å². The van der Waals surface area contributed by atoms with E-state index in [2.05, 4.69) is 15.0 Å². The third-order valence-corrected chi connectivity index (χ3v) is 3.79. The van der Waals surface area contributed by atoms with Crippen molar-refractivity contribution in [3.8, 4) is 0 Å². The minimum atomic E-state index is -0.503. The highest BCUT2D eigenvalue weighted by molar-refractivity contribution is 8.00. The molecule has 112 valence electrons. The predicted octanol–water partition coefficient (Wildman–Crippen LogP) is 2.25. The molecule has 0 spiro atoms. The van der Waals surface area contributed by atoms with Crippen molar-refractivity contribution in [3.05, 3.63) is 23.2 Å². The van der Waals surface area contributed by atoms with E-state index in [0.29, 0.717) is 21.3 Å². The van der Waals surface area contributed by atoms with Crippen molar-refractivity contribution in [1.82, 2.24) is 10.3 Å². The Balaban J connectivity index is 1.98. The molecule has 0 bridgehead atoms. The number of halogens is 1. The van der Waals surface area contributed by atoms with Crippen LogP contribution in [0.15, 0.2) is 27.8 Å². The number of benzene rings is 1. The monoisotopic (exact) mass is 328 g/mol. The van der Waals surface area contributed by atoms with E-state index in [1.807, 2.05) is 0 Å². The first-order valence-electron chi connectivity index (χ1n) is 6.07. The van der Waals surface area contributed by atoms with E-state index in [1.165, 1.54) is 7.11 Å². The summed E-state index contributed by atoms with van der Waals surface area (Å²) in [5.74, 6) is -0.803. The van der Waals surface area contributed by atoms with Gasteiger partial charge in [-0.25, -0.2) is 4.98 Å². The minimum absolute atomic E-state index is 0.163. The summed E-state index contributed by atoms with van der Waals surface area (Å²) < 4.78 is 9.96. The Morgan fingerprint density at radius 3 is 3.00 bits per heavy atom. The second-order valence-electron chi connectivity index (χ2n) is 4.15. The largest absolute Gasteiger partial charge is 0.468 e. The highest BCUT2D eigenvalue weighted by atomic mass is 35.5. The number of nitrogens with one attached hydrogen (secondary N) is 1. The fourth-order valence-electron chi connectivity index (χ4n) is 1.51. The summed E-state index contributed by atoms with van der Waals surface area (Å²) in [4.78, 5) is 27.0. The summed E-state index contributed by atoms with van der Waals surface area (Å²) in [6.07, 6.45) is 0. The summed E-state index contributed by atoms with van der Waals surface area (Å²) in [6.45, 7) is 1.53. The van der Waals surface area contributed by atoms with Gasteiger partial charge in [0.2, 0.25) is 5.91 Å². The zero-order valence-electron chi connectivity index (χ0n) is 11.4. The molecule has 1 unspecified atom stereocenters. The van der Waals surface area contributed by atoms with Crippen LogP contribution in [-0.2, 0) is 14.3 Å². The number of carbonyl (C=O) groups excluding carboxylic acids is 2. The Kier molecular flexibility index (Phi) is 5.08. The zero-order valence-corrected chi connectivity index (χ0v) is 13.0. The Labute approximate surface area is 130 Å². The van der Waals surface area contributed by atoms with Crippen LogP contribution in [-0.4, -0.2) is 35.8 Å². The molecule has 1 atom stereocenters. The average Bonchev–Trinajstić information content (AvgIpc) is 2.85. The molecule has 0 aliphatic heterocycles. The molecular weight excluding hydrogens is 316 g/mol. The Morgan fingerprint density at radius 1 is 1.52 bits per heavy atom. The third kappa shape index (κ3) is 4.12.